The first-order valence-electron chi connectivity index (χ1n) is 6.28. The SMILES string of the molecule is COc1ccc(N)cc1CNS(=O)(=O)c1c(C)n[nH]c1C. The monoisotopic (exact) mass is 310 g/mol. The first kappa shape index (κ1) is 15.3. The topological polar surface area (TPSA) is 110 Å². The van der Waals surface area contributed by atoms with E-state index >= 15 is 0 Å². The van der Waals surface area contributed by atoms with Crippen molar-refractivity contribution in [3.8, 4) is 5.75 Å². The molecule has 0 unspecified atom stereocenters. The number of hydrogen-bond acceptors (Lipinski definition) is 5. The number of methoxy groups -OCH3 is 1. The van der Waals surface area contributed by atoms with Gasteiger partial charge in [-0.25, -0.2) is 13.1 Å². The smallest absolute Gasteiger partial charge is 0.244 e. The zero-order valence-electron chi connectivity index (χ0n) is 12.1. The number of nitrogens with zero attached hydrogens (tertiary/aromatic N) is 1. The molecule has 0 aliphatic heterocycles. The summed E-state index contributed by atoms with van der Waals surface area (Å²) in [7, 11) is -2.13. The van der Waals surface area contributed by atoms with Gasteiger partial charge >= 0.3 is 0 Å². The quantitative estimate of drug-likeness (QED) is 0.716. The molecule has 1 aromatic carbocycles. The maximum Gasteiger partial charge on any atom is 0.244 e. The highest BCUT2D eigenvalue weighted by Crippen LogP contribution is 2.22. The maximum absolute atomic E-state index is 12.3. The minimum absolute atomic E-state index is 0.0839. The third-order valence-corrected chi connectivity index (χ3v) is 4.75. The Kier molecular flexibility index (Phi) is 4.19. The second kappa shape index (κ2) is 5.74. The average molecular weight is 310 g/mol. The van der Waals surface area contributed by atoms with Crippen LogP contribution < -0.4 is 15.2 Å². The van der Waals surface area contributed by atoms with Gasteiger partial charge in [0.15, 0.2) is 0 Å². The highest BCUT2D eigenvalue weighted by Gasteiger charge is 2.22. The van der Waals surface area contributed by atoms with Gasteiger partial charge in [-0.2, -0.15) is 5.10 Å². The molecule has 2 rings (SSSR count). The molecule has 1 aromatic heterocycles. The number of rotatable bonds is 5. The summed E-state index contributed by atoms with van der Waals surface area (Å²) in [6.45, 7) is 3.38. The number of nitrogens with two attached hydrogens (primary N) is 1. The summed E-state index contributed by atoms with van der Waals surface area (Å²) in [4.78, 5) is 0.172. The Balaban J connectivity index is 2.26. The molecule has 1 heterocycles. The van der Waals surface area contributed by atoms with Crippen molar-refractivity contribution >= 4 is 15.7 Å². The van der Waals surface area contributed by atoms with Gasteiger partial charge in [0.25, 0.3) is 0 Å². The number of hydrogen-bond donors (Lipinski definition) is 3. The van der Waals surface area contributed by atoms with E-state index < -0.39 is 10.0 Å². The third-order valence-electron chi connectivity index (χ3n) is 3.09. The van der Waals surface area contributed by atoms with E-state index in [9.17, 15) is 8.42 Å². The van der Waals surface area contributed by atoms with Crippen molar-refractivity contribution in [1.29, 1.82) is 0 Å². The summed E-state index contributed by atoms with van der Waals surface area (Å²) in [5.41, 5.74) is 7.86. The molecule has 0 aliphatic rings. The van der Waals surface area contributed by atoms with Crippen molar-refractivity contribution in [3.05, 3.63) is 35.2 Å². The largest absolute Gasteiger partial charge is 0.496 e. The number of aryl methyl sites for hydroxylation is 2. The van der Waals surface area contributed by atoms with Crippen LogP contribution in [0.15, 0.2) is 23.1 Å². The van der Waals surface area contributed by atoms with Gasteiger partial charge in [0.2, 0.25) is 10.0 Å². The van der Waals surface area contributed by atoms with Gasteiger partial charge in [-0.05, 0) is 32.0 Å². The number of ether oxygens (including phenoxy) is 1. The van der Waals surface area contributed by atoms with E-state index in [2.05, 4.69) is 14.9 Å². The molecule has 0 atom stereocenters. The van der Waals surface area contributed by atoms with Gasteiger partial charge in [-0.1, -0.05) is 0 Å². The van der Waals surface area contributed by atoms with Gasteiger partial charge in [-0.3, -0.25) is 5.10 Å². The Labute approximate surface area is 123 Å². The second-order valence-electron chi connectivity index (χ2n) is 4.66. The van der Waals surface area contributed by atoms with E-state index in [1.807, 2.05) is 0 Å². The van der Waals surface area contributed by atoms with Gasteiger partial charge in [-0.15, -0.1) is 0 Å². The number of H-pyrrole nitrogens is 1. The molecular formula is C13H18N4O3S. The molecular weight excluding hydrogens is 292 g/mol. The number of anilines is 1. The number of aromatic amines is 1. The lowest BCUT2D eigenvalue weighted by Gasteiger charge is -2.11. The molecule has 2 aromatic rings. The molecule has 0 saturated carbocycles. The first-order valence-corrected chi connectivity index (χ1v) is 7.77. The van der Waals surface area contributed by atoms with Crippen molar-refractivity contribution in [2.24, 2.45) is 0 Å². The average Bonchev–Trinajstić information content (AvgIpc) is 2.77. The summed E-state index contributed by atoms with van der Waals surface area (Å²) >= 11 is 0. The van der Waals surface area contributed by atoms with E-state index in [0.717, 1.165) is 0 Å². The Morgan fingerprint density at radius 2 is 2.10 bits per heavy atom. The van der Waals surface area contributed by atoms with E-state index in [1.54, 1.807) is 32.0 Å². The molecule has 0 aliphatic carbocycles. The number of benzene rings is 1. The van der Waals surface area contributed by atoms with Crippen molar-refractivity contribution in [3.63, 3.8) is 0 Å². The Bertz CT molecular complexity index is 733. The fraction of sp³-hybridized carbons (Fsp3) is 0.308. The summed E-state index contributed by atoms with van der Waals surface area (Å²) < 4.78 is 32.4. The minimum Gasteiger partial charge on any atom is -0.496 e. The number of aromatic nitrogens is 2. The Hall–Kier alpha value is -2.06. The van der Waals surface area contributed by atoms with Crippen LogP contribution in [0, 0.1) is 13.8 Å². The lowest BCUT2D eigenvalue weighted by atomic mass is 10.2. The molecule has 8 heteroatoms. The standard InChI is InChI=1S/C13H18N4O3S/c1-8-13(9(2)17-16-8)21(18,19)15-7-10-6-11(14)4-5-12(10)20-3/h4-6,15H,7,14H2,1-3H3,(H,16,17). The molecule has 0 fully saturated rings. The number of nitrogens with one attached hydrogen (secondary N) is 2. The zero-order chi connectivity index (χ0) is 15.6. The molecule has 0 bridgehead atoms. The van der Waals surface area contributed by atoms with E-state index in [4.69, 9.17) is 10.5 Å². The second-order valence-corrected chi connectivity index (χ2v) is 6.36. The van der Waals surface area contributed by atoms with Crippen molar-refractivity contribution in [2.45, 2.75) is 25.3 Å². The van der Waals surface area contributed by atoms with Gasteiger partial charge < -0.3 is 10.5 Å². The molecule has 0 saturated heterocycles. The molecule has 0 amide bonds. The van der Waals surface area contributed by atoms with Crippen LogP contribution in [0.4, 0.5) is 5.69 Å². The van der Waals surface area contributed by atoms with Crippen LogP contribution >= 0.6 is 0 Å². The summed E-state index contributed by atoms with van der Waals surface area (Å²) in [6, 6.07) is 5.07. The lowest BCUT2D eigenvalue weighted by Crippen LogP contribution is -2.24. The van der Waals surface area contributed by atoms with Crippen LogP contribution in [0.1, 0.15) is 17.0 Å². The molecule has 7 nitrogen and oxygen atoms in total. The highest BCUT2D eigenvalue weighted by molar-refractivity contribution is 7.89. The molecule has 0 radical (unpaired) electrons. The van der Waals surface area contributed by atoms with Gasteiger partial charge in [0.05, 0.1) is 18.5 Å². The molecule has 0 spiro atoms. The first-order chi connectivity index (χ1) is 9.85. The summed E-state index contributed by atoms with van der Waals surface area (Å²) in [5, 5.41) is 6.56. The van der Waals surface area contributed by atoms with Crippen LogP contribution in [0.2, 0.25) is 0 Å². The molecule has 4 N–H and O–H groups in total. The maximum atomic E-state index is 12.3. The van der Waals surface area contributed by atoms with Crippen LogP contribution in [-0.4, -0.2) is 25.7 Å². The van der Waals surface area contributed by atoms with Crippen LogP contribution in [0.25, 0.3) is 0 Å². The third kappa shape index (κ3) is 3.17. The van der Waals surface area contributed by atoms with E-state index in [0.29, 0.717) is 28.4 Å². The molecule has 21 heavy (non-hydrogen) atoms. The van der Waals surface area contributed by atoms with E-state index in [-0.39, 0.29) is 11.4 Å². The predicted octanol–water partition coefficient (Wildman–Crippen LogP) is 1.10. The highest BCUT2D eigenvalue weighted by atomic mass is 32.2. The Morgan fingerprint density at radius 3 is 2.67 bits per heavy atom. The molecule has 114 valence electrons. The fourth-order valence-corrected chi connectivity index (χ4v) is 3.49. The number of nitrogen functional groups attached to an aromatic ring is 1. The normalized spacial score (nSPS) is 11.6. The van der Waals surface area contributed by atoms with Crippen LogP contribution in [0.3, 0.4) is 0 Å². The fourth-order valence-electron chi connectivity index (χ4n) is 2.12. The summed E-state index contributed by atoms with van der Waals surface area (Å²) in [5.74, 6) is 0.576. The van der Waals surface area contributed by atoms with Crippen LogP contribution in [-0.2, 0) is 16.6 Å². The Morgan fingerprint density at radius 1 is 1.38 bits per heavy atom. The van der Waals surface area contributed by atoms with Crippen molar-refractivity contribution < 1.29 is 13.2 Å². The van der Waals surface area contributed by atoms with Gasteiger partial charge in [0, 0.05) is 17.8 Å². The van der Waals surface area contributed by atoms with E-state index in [1.165, 1.54) is 7.11 Å². The predicted molar refractivity (Wildman–Crippen MR) is 79.5 cm³/mol. The van der Waals surface area contributed by atoms with Crippen molar-refractivity contribution in [1.82, 2.24) is 14.9 Å². The zero-order valence-corrected chi connectivity index (χ0v) is 12.9. The number of sulfonamides is 1. The minimum atomic E-state index is -3.65. The van der Waals surface area contributed by atoms with Crippen molar-refractivity contribution in [2.75, 3.05) is 12.8 Å². The van der Waals surface area contributed by atoms with Crippen LogP contribution in [0.5, 0.6) is 5.75 Å². The lowest BCUT2D eigenvalue weighted by molar-refractivity contribution is 0.409. The van der Waals surface area contributed by atoms with Gasteiger partial charge in [0.1, 0.15) is 10.6 Å². The summed E-state index contributed by atoms with van der Waals surface area (Å²) in [6.07, 6.45) is 0.